The van der Waals surface area contributed by atoms with Crippen molar-refractivity contribution in [2.45, 2.75) is 103 Å². The van der Waals surface area contributed by atoms with E-state index >= 15 is 0 Å². The number of ether oxygens (including phenoxy) is 3. The number of nitrogens with zero attached hydrogens (tertiary/aromatic N) is 3. The number of fused-ring (bicyclic) bond motifs is 2. The second-order valence-electron chi connectivity index (χ2n) is 14.4. The van der Waals surface area contributed by atoms with Crippen molar-refractivity contribution in [1.82, 2.24) is 20.2 Å². The average molecular weight is 638 g/mol. The predicted molar refractivity (Wildman–Crippen MR) is 174 cm³/mol. The van der Waals surface area contributed by atoms with Gasteiger partial charge in [-0.2, -0.15) is 0 Å². The van der Waals surface area contributed by atoms with Gasteiger partial charge in [-0.15, -0.1) is 0 Å². The topological polar surface area (TPSA) is 146 Å². The monoisotopic (exact) mass is 637 g/mol. The molecule has 252 valence electrons. The van der Waals surface area contributed by atoms with Gasteiger partial charge in [0.2, 0.25) is 17.7 Å². The molecule has 2 aromatic rings. The standard InChI is InChI=1S/C35H51N5O6/c1-7-22-29(18-40(30(22)32(36)42)34(43)31(37-5)35(2,3)4)46-33-26(38-25-14-13-21(44-6)17-27(25)39-33)12-10-8-9-11-23-24-15-20(24)16-28(23)45-19-41/h13-14,17,19-20,22-24,28-31,37H,7-12,15-16,18H2,1-6H3,(H2,36,42). The average Bonchev–Trinajstić information content (AvgIpc) is 3.54. The Morgan fingerprint density at radius 3 is 2.54 bits per heavy atom. The number of carbonyl (C=O) groups excluding carboxylic acids is 3. The molecule has 3 N–H and O–H groups in total. The smallest absolute Gasteiger partial charge is 0.293 e. The molecule has 46 heavy (non-hydrogen) atoms. The van der Waals surface area contributed by atoms with E-state index in [9.17, 15) is 14.4 Å². The maximum Gasteiger partial charge on any atom is 0.293 e. The van der Waals surface area contributed by atoms with Crippen LogP contribution in [-0.4, -0.2) is 78.1 Å². The fourth-order valence-corrected chi connectivity index (χ4v) is 8.05. The van der Waals surface area contributed by atoms with Crippen molar-refractivity contribution in [3.63, 3.8) is 0 Å². The van der Waals surface area contributed by atoms with Gasteiger partial charge in [0.15, 0.2) is 0 Å². The third kappa shape index (κ3) is 7.09. The summed E-state index contributed by atoms with van der Waals surface area (Å²) in [5.74, 6) is 2.01. The number of hydrogen-bond donors (Lipinski definition) is 2. The van der Waals surface area contributed by atoms with Gasteiger partial charge in [0.05, 0.1) is 30.7 Å². The number of nitrogens with one attached hydrogen (secondary N) is 1. The number of likely N-dealkylation sites (tertiary alicyclic amines) is 1. The summed E-state index contributed by atoms with van der Waals surface area (Å²) in [5, 5.41) is 3.14. The van der Waals surface area contributed by atoms with Crippen molar-refractivity contribution in [1.29, 1.82) is 0 Å². The molecule has 8 atom stereocenters. The van der Waals surface area contributed by atoms with E-state index in [1.54, 1.807) is 19.1 Å². The minimum Gasteiger partial charge on any atom is -0.497 e. The zero-order valence-corrected chi connectivity index (χ0v) is 28.2. The van der Waals surface area contributed by atoms with E-state index in [4.69, 9.17) is 29.9 Å². The lowest BCUT2D eigenvalue weighted by Crippen LogP contribution is -2.56. The molecule has 1 aromatic heterocycles. The van der Waals surface area contributed by atoms with Gasteiger partial charge in [-0.3, -0.25) is 14.4 Å². The van der Waals surface area contributed by atoms with Crippen LogP contribution in [0.25, 0.3) is 11.0 Å². The number of primary amides is 1. The fourth-order valence-electron chi connectivity index (χ4n) is 8.05. The van der Waals surface area contributed by atoms with Crippen LogP contribution < -0.4 is 20.5 Å². The summed E-state index contributed by atoms with van der Waals surface area (Å²) in [7, 11) is 3.37. The first-order valence-electron chi connectivity index (χ1n) is 16.9. The van der Waals surface area contributed by atoms with Gasteiger partial charge < -0.3 is 30.2 Å². The maximum atomic E-state index is 13.8. The molecule has 3 fully saturated rings. The van der Waals surface area contributed by atoms with Crippen LogP contribution in [0.5, 0.6) is 11.6 Å². The molecule has 2 amide bonds. The maximum absolute atomic E-state index is 13.8. The summed E-state index contributed by atoms with van der Waals surface area (Å²) >= 11 is 0. The highest BCUT2D eigenvalue weighted by molar-refractivity contribution is 5.90. The molecule has 0 bridgehead atoms. The lowest BCUT2D eigenvalue weighted by atomic mass is 9.85. The normalized spacial score (nSPS) is 27.7. The number of rotatable bonds is 15. The summed E-state index contributed by atoms with van der Waals surface area (Å²) in [4.78, 5) is 49.1. The fraction of sp³-hybridized carbons (Fsp3) is 0.686. The first kappa shape index (κ1) is 33.9. The number of carbonyl (C=O) groups is 3. The number of benzene rings is 1. The summed E-state index contributed by atoms with van der Waals surface area (Å²) in [5.41, 5.74) is 7.71. The molecule has 11 nitrogen and oxygen atoms in total. The molecule has 1 saturated heterocycles. The number of hydrogen-bond acceptors (Lipinski definition) is 9. The minimum absolute atomic E-state index is 0.0741. The molecule has 0 radical (unpaired) electrons. The third-order valence-electron chi connectivity index (χ3n) is 10.4. The van der Waals surface area contributed by atoms with Crippen LogP contribution in [-0.2, 0) is 25.5 Å². The molecule has 2 aliphatic carbocycles. The van der Waals surface area contributed by atoms with Gasteiger partial charge in [0.1, 0.15) is 29.7 Å². The first-order chi connectivity index (χ1) is 22.0. The Labute approximate surface area is 272 Å². The molecule has 2 heterocycles. The molecule has 8 unspecified atom stereocenters. The number of aromatic nitrogens is 2. The number of likely N-dealkylation sites (N-methyl/N-ethyl adjacent to an activating group) is 1. The van der Waals surface area contributed by atoms with Crippen LogP contribution in [0.1, 0.15) is 78.3 Å². The lowest BCUT2D eigenvalue weighted by molar-refractivity contribution is -0.141. The van der Waals surface area contributed by atoms with Crippen LogP contribution in [0, 0.1) is 29.1 Å². The Kier molecular flexibility index (Phi) is 10.4. The highest BCUT2D eigenvalue weighted by Crippen LogP contribution is 2.57. The summed E-state index contributed by atoms with van der Waals surface area (Å²) < 4.78 is 17.5. The lowest BCUT2D eigenvalue weighted by Gasteiger charge is -2.34. The number of unbranched alkanes of at least 4 members (excludes halogenated alkanes) is 2. The predicted octanol–water partition coefficient (Wildman–Crippen LogP) is 4.04. The quantitative estimate of drug-likeness (QED) is 0.218. The van der Waals surface area contributed by atoms with Gasteiger partial charge in [-0.05, 0) is 80.9 Å². The van der Waals surface area contributed by atoms with E-state index in [0.29, 0.717) is 48.3 Å². The van der Waals surface area contributed by atoms with Crippen molar-refractivity contribution < 1.29 is 28.6 Å². The van der Waals surface area contributed by atoms with Gasteiger partial charge in [0.25, 0.3) is 6.47 Å². The summed E-state index contributed by atoms with van der Waals surface area (Å²) in [6.45, 7) is 8.80. The van der Waals surface area contributed by atoms with Crippen molar-refractivity contribution in [3.8, 4) is 11.6 Å². The van der Waals surface area contributed by atoms with Crippen molar-refractivity contribution in [2.75, 3.05) is 20.7 Å². The Hall–Kier alpha value is -3.47. The largest absolute Gasteiger partial charge is 0.497 e. The van der Waals surface area contributed by atoms with Crippen LogP contribution in [0.3, 0.4) is 0 Å². The van der Waals surface area contributed by atoms with E-state index in [1.807, 2.05) is 45.9 Å². The molecular formula is C35H51N5O6. The molecule has 3 aliphatic rings. The van der Waals surface area contributed by atoms with Crippen molar-refractivity contribution >= 4 is 29.3 Å². The van der Waals surface area contributed by atoms with Crippen molar-refractivity contribution in [3.05, 3.63) is 23.9 Å². The van der Waals surface area contributed by atoms with E-state index < -0.39 is 24.1 Å². The molecule has 1 aromatic carbocycles. The highest BCUT2D eigenvalue weighted by Gasteiger charge is 2.54. The van der Waals surface area contributed by atoms with Crippen molar-refractivity contribution in [2.24, 2.45) is 34.8 Å². The second-order valence-corrected chi connectivity index (χ2v) is 14.4. The molecule has 0 spiro atoms. The minimum atomic E-state index is -0.786. The highest BCUT2D eigenvalue weighted by atomic mass is 16.5. The number of methoxy groups -OCH3 is 1. The Bertz CT molecular complexity index is 1410. The zero-order chi connectivity index (χ0) is 33.2. The molecule has 11 heteroatoms. The van der Waals surface area contributed by atoms with Gasteiger partial charge in [0, 0.05) is 12.0 Å². The zero-order valence-electron chi connectivity index (χ0n) is 28.2. The molecule has 5 rings (SSSR count). The van der Waals surface area contributed by atoms with Gasteiger partial charge in [-0.1, -0.05) is 40.5 Å². The van der Waals surface area contributed by atoms with Crippen LogP contribution in [0.4, 0.5) is 0 Å². The molecular weight excluding hydrogens is 586 g/mol. The number of amides is 2. The Morgan fingerprint density at radius 1 is 1.11 bits per heavy atom. The molecule has 2 saturated carbocycles. The SMILES string of the molecule is CCC1C(Oc2nc3cc(OC)ccc3nc2CCCCCC2C(OC=O)CC3CC32)CN(C(=O)C(NC)C(C)(C)C)C1C(N)=O. The summed E-state index contributed by atoms with van der Waals surface area (Å²) in [6.07, 6.45) is 7.18. The Balaban J connectivity index is 1.34. The van der Waals surface area contributed by atoms with Crippen LogP contribution in [0.15, 0.2) is 18.2 Å². The van der Waals surface area contributed by atoms with E-state index in [0.717, 1.165) is 49.2 Å². The third-order valence-corrected chi connectivity index (χ3v) is 10.4. The van der Waals surface area contributed by atoms with Crippen LogP contribution >= 0.6 is 0 Å². The van der Waals surface area contributed by atoms with E-state index in [2.05, 4.69) is 5.32 Å². The van der Waals surface area contributed by atoms with Crippen LogP contribution in [0.2, 0.25) is 0 Å². The second kappa shape index (κ2) is 14.1. The van der Waals surface area contributed by atoms with E-state index in [1.165, 1.54) is 6.42 Å². The molecule has 1 aliphatic heterocycles. The number of aryl methyl sites for hydroxylation is 1. The van der Waals surface area contributed by atoms with Gasteiger partial charge in [-0.25, -0.2) is 9.97 Å². The Morgan fingerprint density at radius 2 is 1.89 bits per heavy atom. The summed E-state index contributed by atoms with van der Waals surface area (Å²) in [6, 6.07) is 4.31. The van der Waals surface area contributed by atoms with Gasteiger partial charge >= 0.3 is 0 Å². The number of nitrogens with two attached hydrogens (primary N) is 1. The van der Waals surface area contributed by atoms with E-state index in [-0.39, 0.29) is 29.9 Å². The first-order valence-corrected chi connectivity index (χ1v) is 16.9.